The number of benzene rings is 3. The lowest BCUT2D eigenvalue weighted by Gasteiger charge is -2.26. The van der Waals surface area contributed by atoms with Crippen molar-refractivity contribution in [2.45, 2.75) is 20.8 Å². The molecule has 0 saturated carbocycles. The Kier molecular flexibility index (Phi) is 9.37. The second kappa shape index (κ2) is 12.8. The van der Waals surface area contributed by atoms with Gasteiger partial charge in [-0.2, -0.15) is 0 Å². The summed E-state index contributed by atoms with van der Waals surface area (Å²) in [6.45, 7) is 5.62. The van der Waals surface area contributed by atoms with Gasteiger partial charge in [0.2, 0.25) is 0 Å². The van der Waals surface area contributed by atoms with Crippen molar-refractivity contribution in [3.8, 4) is 11.5 Å². The highest BCUT2D eigenvalue weighted by atomic mass is 79.9. The summed E-state index contributed by atoms with van der Waals surface area (Å²) >= 11 is 15.5. The van der Waals surface area contributed by atoms with Crippen molar-refractivity contribution < 1.29 is 28.7 Å². The van der Waals surface area contributed by atoms with Crippen LogP contribution in [0.25, 0.3) is 6.08 Å². The monoisotopic (exact) mass is 659 g/mol. The van der Waals surface area contributed by atoms with Crippen LogP contribution in [-0.4, -0.2) is 37.0 Å². The van der Waals surface area contributed by atoms with E-state index in [1.165, 1.54) is 24.3 Å². The summed E-state index contributed by atoms with van der Waals surface area (Å²) in [4.78, 5) is 51.8. The Morgan fingerprint density at radius 1 is 1.05 bits per heavy atom. The number of barbiturate groups is 1. The van der Waals surface area contributed by atoms with Crippen molar-refractivity contribution in [3.05, 3.63) is 85.3 Å². The number of nitrogens with one attached hydrogen (secondary N) is 2. The molecule has 212 valence electrons. The third-order valence-corrected chi connectivity index (χ3v) is 7.46. The topological polar surface area (TPSA) is 114 Å². The van der Waals surface area contributed by atoms with Gasteiger partial charge in [-0.05, 0) is 95.9 Å². The van der Waals surface area contributed by atoms with Crippen molar-refractivity contribution in [2.75, 3.05) is 23.4 Å². The van der Waals surface area contributed by atoms with Crippen LogP contribution >= 0.6 is 39.1 Å². The molecule has 9 nitrogen and oxygen atoms in total. The van der Waals surface area contributed by atoms with Gasteiger partial charge in [-0.1, -0.05) is 35.3 Å². The fourth-order valence-electron chi connectivity index (χ4n) is 3.97. The van der Waals surface area contributed by atoms with Crippen LogP contribution in [-0.2, 0) is 14.4 Å². The lowest BCUT2D eigenvalue weighted by atomic mass is 10.1. The number of imide groups is 2. The third kappa shape index (κ3) is 6.73. The smallest absolute Gasteiger partial charge is 0.335 e. The predicted molar refractivity (Wildman–Crippen MR) is 161 cm³/mol. The SMILES string of the molecule is CCOc1cc(/C=C2/C(=O)NC(=O)N(c3ccc(Cl)c(Cl)c3)C2=O)cc(Br)c1OCC(=O)Nc1cccc(C)c1C. The molecule has 1 aliphatic rings. The number of carbonyl (C=O) groups excluding carboxylic acids is 4. The highest BCUT2D eigenvalue weighted by Gasteiger charge is 2.37. The van der Waals surface area contributed by atoms with Gasteiger partial charge in [-0.3, -0.25) is 19.7 Å². The first kappa shape index (κ1) is 30.1. The van der Waals surface area contributed by atoms with Crippen molar-refractivity contribution >= 4 is 80.3 Å². The molecular weight excluding hydrogens is 637 g/mol. The molecule has 0 atom stereocenters. The molecule has 2 N–H and O–H groups in total. The van der Waals surface area contributed by atoms with Gasteiger partial charge >= 0.3 is 6.03 Å². The number of hydrogen-bond acceptors (Lipinski definition) is 6. The van der Waals surface area contributed by atoms with Gasteiger partial charge < -0.3 is 14.8 Å². The summed E-state index contributed by atoms with van der Waals surface area (Å²) in [6.07, 6.45) is 1.32. The van der Waals surface area contributed by atoms with E-state index < -0.39 is 17.8 Å². The predicted octanol–water partition coefficient (Wildman–Crippen LogP) is 6.46. The molecule has 3 aromatic rings. The van der Waals surface area contributed by atoms with Crippen LogP contribution in [0.15, 0.2) is 58.6 Å². The van der Waals surface area contributed by atoms with E-state index in [9.17, 15) is 19.2 Å². The van der Waals surface area contributed by atoms with Crippen LogP contribution in [0, 0.1) is 13.8 Å². The zero-order valence-electron chi connectivity index (χ0n) is 22.1. The molecule has 0 radical (unpaired) electrons. The van der Waals surface area contributed by atoms with Gasteiger partial charge in [0.15, 0.2) is 18.1 Å². The summed E-state index contributed by atoms with van der Waals surface area (Å²) in [7, 11) is 0. The van der Waals surface area contributed by atoms with E-state index >= 15 is 0 Å². The average molecular weight is 661 g/mol. The number of ether oxygens (including phenoxy) is 2. The van der Waals surface area contributed by atoms with Crippen molar-refractivity contribution in [2.24, 2.45) is 0 Å². The number of aryl methyl sites for hydroxylation is 1. The molecule has 3 aromatic carbocycles. The summed E-state index contributed by atoms with van der Waals surface area (Å²) < 4.78 is 11.9. The van der Waals surface area contributed by atoms with Crippen molar-refractivity contribution in [3.63, 3.8) is 0 Å². The molecule has 5 amide bonds. The van der Waals surface area contributed by atoms with E-state index in [2.05, 4.69) is 26.6 Å². The second-order valence-electron chi connectivity index (χ2n) is 8.90. The highest BCUT2D eigenvalue weighted by molar-refractivity contribution is 9.10. The molecule has 0 aromatic heterocycles. The lowest BCUT2D eigenvalue weighted by molar-refractivity contribution is -0.122. The van der Waals surface area contributed by atoms with Gasteiger partial charge in [0, 0.05) is 5.69 Å². The maximum atomic E-state index is 13.3. The third-order valence-electron chi connectivity index (χ3n) is 6.13. The first-order chi connectivity index (χ1) is 19.5. The van der Waals surface area contributed by atoms with E-state index in [0.717, 1.165) is 16.0 Å². The number of halogens is 3. The number of hydrogen-bond donors (Lipinski definition) is 2. The number of carbonyl (C=O) groups is 4. The summed E-state index contributed by atoms with van der Waals surface area (Å²) in [5, 5.41) is 5.37. The van der Waals surface area contributed by atoms with E-state index in [-0.39, 0.29) is 51.9 Å². The Bertz CT molecular complexity index is 1610. The summed E-state index contributed by atoms with van der Waals surface area (Å²) in [6, 6.07) is 12.1. The molecule has 1 saturated heterocycles. The first-order valence-corrected chi connectivity index (χ1v) is 13.9. The zero-order valence-corrected chi connectivity index (χ0v) is 25.2. The molecule has 1 fully saturated rings. The molecule has 0 aliphatic carbocycles. The van der Waals surface area contributed by atoms with E-state index in [4.69, 9.17) is 32.7 Å². The summed E-state index contributed by atoms with van der Waals surface area (Å²) in [5.41, 5.74) is 2.92. The number of amides is 5. The number of nitrogens with zero attached hydrogens (tertiary/aromatic N) is 1. The van der Waals surface area contributed by atoms with Crippen LogP contribution in [0.4, 0.5) is 16.2 Å². The fraction of sp³-hybridized carbons (Fsp3) is 0.172. The molecule has 1 aliphatic heterocycles. The second-order valence-corrected chi connectivity index (χ2v) is 10.6. The molecule has 4 rings (SSSR count). The van der Waals surface area contributed by atoms with Crippen LogP contribution in [0.2, 0.25) is 10.0 Å². The Labute approximate surface area is 254 Å². The molecule has 0 unspecified atom stereocenters. The van der Waals surface area contributed by atoms with Crippen molar-refractivity contribution in [1.82, 2.24) is 5.32 Å². The van der Waals surface area contributed by atoms with Crippen LogP contribution < -0.4 is 25.0 Å². The number of rotatable bonds is 8. The fourth-order valence-corrected chi connectivity index (χ4v) is 4.83. The van der Waals surface area contributed by atoms with Gasteiger partial charge in [-0.15, -0.1) is 0 Å². The minimum atomic E-state index is -0.922. The minimum Gasteiger partial charge on any atom is -0.490 e. The minimum absolute atomic E-state index is 0.135. The Balaban J connectivity index is 1.59. The number of urea groups is 1. The average Bonchev–Trinajstić information content (AvgIpc) is 2.91. The van der Waals surface area contributed by atoms with E-state index in [1.807, 2.05) is 32.0 Å². The zero-order chi connectivity index (χ0) is 29.8. The standard InChI is InChI=1S/C29H24BrCl2N3O6/c1-4-40-24-12-17(11-20(30)26(24)41-14-25(36)33-23-7-5-6-15(2)16(23)3)10-19-27(37)34-29(39)35(28(19)38)18-8-9-21(31)22(32)13-18/h5-13H,4,14H2,1-3H3,(H,33,36)(H,34,37,39)/b19-10-. The Hall–Kier alpha value is -3.86. The van der Waals surface area contributed by atoms with Crippen LogP contribution in [0.1, 0.15) is 23.6 Å². The van der Waals surface area contributed by atoms with Gasteiger partial charge in [0.25, 0.3) is 17.7 Å². The lowest BCUT2D eigenvalue weighted by Crippen LogP contribution is -2.54. The largest absolute Gasteiger partial charge is 0.490 e. The normalized spacial score (nSPS) is 14.2. The highest BCUT2D eigenvalue weighted by Crippen LogP contribution is 2.38. The van der Waals surface area contributed by atoms with Crippen molar-refractivity contribution in [1.29, 1.82) is 0 Å². The molecule has 1 heterocycles. The molecule has 41 heavy (non-hydrogen) atoms. The Morgan fingerprint density at radius 2 is 1.80 bits per heavy atom. The van der Waals surface area contributed by atoms with E-state index in [0.29, 0.717) is 15.7 Å². The number of anilines is 2. The molecular formula is C29H24BrCl2N3O6. The maximum absolute atomic E-state index is 13.3. The quantitative estimate of drug-likeness (QED) is 0.212. The van der Waals surface area contributed by atoms with Gasteiger partial charge in [-0.25, -0.2) is 9.69 Å². The van der Waals surface area contributed by atoms with Gasteiger partial charge in [0.1, 0.15) is 5.57 Å². The Morgan fingerprint density at radius 3 is 2.51 bits per heavy atom. The molecule has 12 heteroatoms. The molecule has 0 spiro atoms. The van der Waals surface area contributed by atoms with Crippen LogP contribution in [0.5, 0.6) is 11.5 Å². The van der Waals surface area contributed by atoms with Gasteiger partial charge in [0.05, 0.1) is 26.8 Å². The maximum Gasteiger partial charge on any atom is 0.335 e. The van der Waals surface area contributed by atoms with Crippen LogP contribution in [0.3, 0.4) is 0 Å². The summed E-state index contributed by atoms with van der Waals surface area (Å²) in [5.74, 6) is -1.55. The molecule has 0 bridgehead atoms. The first-order valence-electron chi connectivity index (χ1n) is 12.3. The van der Waals surface area contributed by atoms with E-state index in [1.54, 1.807) is 19.1 Å².